The van der Waals surface area contributed by atoms with Crippen molar-refractivity contribution in [3.8, 4) is 45.1 Å². The molecule has 180 valence electrons. The van der Waals surface area contributed by atoms with Crippen LogP contribution in [0.4, 0.5) is 0 Å². The van der Waals surface area contributed by atoms with Gasteiger partial charge in [-0.1, -0.05) is 84.9 Å². The van der Waals surface area contributed by atoms with E-state index in [4.69, 9.17) is 9.84 Å². The van der Waals surface area contributed by atoms with Crippen LogP contribution in [0.1, 0.15) is 0 Å². The molecule has 0 aliphatic heterocycles. The quantitative estimate of drug-likeness (QED) is 0.290. The fourth-order valence-corrected chi connectivity index (χ4v) is 4.80. The first-order valence-corrected chi connectivity index (χ1v) is 12.0. The molecule has 0 bridgehead atoms. The zero-order valence-electron chi connectivity index (χ0n) is 19.9. The maximum Gasteiger partial charge on any atom is 0.128 e. The number of rotatable bonds is 6. The fourth-order valence-electron chi connectivity index (χ4n) is 4.80. The first-order chi connectivity index (χ1) is 18.2. The molecule has 6 nitrogen and oxygen atoms in total. The third-order valence-electron chi connectivity index (χ3n) is 6.45. The van der Waals surface area contributed by atoms with Gasteiger partial charge in [-0.25, -0.2) is 0 Å². The number of ether oxygens (including phenoxy) is 1. The van der Waals surface area contributed by atoms with Gasteiger partial charge < -0.3 is 14.9 Å². The summed E-state index contributed by atoms with van der Waals surface area (Å²) >= 11 is 0. The Hall–Kier alpha value is -4.81. The van der Waals surface area contributed by atoms with E-state index in [0.717, 1.165) is 38.2 Å². The summed E-state index contributed by atoms with van der Waals surface area (Å²) in [6.07, 6.45) is 0. The minimum Gasteiger partial charge on any atom is -0.507 e. The monoisotopic (exact) mass is 485 g/mol. The molecule has 1 aromatic heterocycles. The maximum absolute atomic E-state index is 11.0. The number of aliphatic hydroxyl groups excluding tert-OH is 1. The van der Waals surface area contributed by atoms with Crippen molar-refractivity contribution in [1.82, 2.24) is 15.4 Å². The molecule has 0 radical (unpaired) electrons. The lowest BCUT2D eigenvalue weighted by molar-refractivity contribution is 0.201. The van der Waals surface area contributed by atoms with Crippen LogP contribution in [0.5, 0.6) is 11.5 Å². The van der Waals surface area contributed by atoms with Crippen LogP contribution in [0.2, 0.25) is 0 Å². The van der Waals surface area contributed by atoms with Gasteiger partial charge in [0.05, 0.1) is 6.61 Å². The third-order valence-corrected chi connectivity index (χ3v) is 6.45. The Balaban J connectivity index is 1.67. The van der Waals surface area contributed by atoms with Crippen LogP contribution in [0.25, 0.3) is 55.2 Å². The Labute approximate surface area is 213 Å². The number of aromatic hydroxyl groups is 1. The molecule has 0 saturated carbocycles. The molecular weight excluding hydrogens is 462 g/mol. The molecule has 0 spiro atoms. The van der Waals surface area contributed by atoms with E-state index in [9.17, 15) is 5.11 Å². The summed E-state index contributed by atoms with van der Waals surface area (Å²) in [5, 5.41) is 37.5. The van der Waals surface area contributed by atoms with E-state index in [1.807, 2.05) is 42.5 Å². The second-order valence-corrected chi connectivity index (χ2v) is 8.67. The van der Waals surface area contributed by atoms with Crippen molar-refractivity contribution in [1.29, 1.82) is 0 Å². The highest BCUT2D eigenvalue weighted by Crippen LogP contribution is 2.44. The van der Waals surface area contributed by atoms with E-state index in [1.54, 1.807) is 12.1 Å². The first-order valence-electron chi connectivity index (χ1n) is 12.0. The number of hydrogen-bond acceptors (Lipinski definition) is 6. The van der Waals surface area contributed by atoms with Gasteiger partial charge in [-0.15, -0.1) is 10.2 Å². The lowest BCUT2D eigenvalue weighted by Crippen LogP contribution is -2.03. The van der Waals surface area contributed by atoms with E-state index in [0.29, 0.717) is 22.7 Å². The van der Waals surface area contributed by atoms with Crippen LogP contribution in [0.3, 0.4) is 0 Å². The predicted molar refractivity (Wildman–Crippen MR) is 145 cm³/mol. The number of fused-ring (bicyclic) bond motifs is 2. The highest BCUT2D eigenvalue weighted by atomic mass is 16.5. The van der Waals surface area contributed by atoms with Crippen molar-refractivity contribution in [2.24, 2.45) is 0 Å². The summed E-state index contributed by atoms with van der Waals surface area (Å²) in [5.41, 5.74) is 4.36. The second kappa shape index (κ2) is 9.68. The summed E-state index contributed by atoms with van der Waals surface area (Å²) < 4.78 is 5.48. The molecule has 6 aromatic rings. The maximum atomic E-state index is 11.0. The van der Waals surface area contributed by atoms with Crippen LogP contribution >= 0.6 is 0 Å². The fraction of sp³-hybridized carbons (Fsp3) is 0.0645. The van der Waals surface area contributed by atoms with Crippen molar-refractivity contribution in [2.75, 3.05) is 13.2 Å². The van der Waals surface area contributed by atoms with Crippen molar-refractivity contribution in [3.63, 3.8) is 0 Å². The summed E-state index contributed by atoms with van der Waals surface area (Å²) in [5.74, 6) is 0.458. The number of aromatic nitrogens is 3. The smallest absolute Gasteiger partial charge is 0.128 e. The SMILES string of the molecule is OCCOc1ccc(-c2nnnc(-c3cccc4ccccc34)c2-c2cccc3ccccc23)c(O)c1. The second-order valence-electron chi connectivity index (χ2n) is 8.67. The summed E-state index contributed by atoms with van der Waals surface area (Å²) in [6, 6.07) is 33.6. The number of phenolic OH excluding ortho intramolecular Hbond substituents is 1. The average Bonchev–Trinajstić information content (AvgIpc) is 2.95. The molecule has 6 rings (SSSR count). The van der Waals surface area contributed by atoms with Crippen LogP contribution < -0.4 is 4.74 Å². The molecule has 1 heterocycles. The van der Waals surface area contributed by atoms with Gasteiger partial charge in [0, 0.05) is 22.8 Å². The van der Waals surface area contributed by atoms with E-state index < -0.39 is 0 Å². The van der Waals surface area contributed by atoms with E-state index >= 15 is 0 Å². The molecule has 0 aliphatic carbocycles. The lowest BCUT2D eigenvalue weighted by atomic mass is 9.90. The molecule has 0 atom stereocenters. The number of phenols is 1. The first kappa shape index (κ1) is 22.6. The Bertz CT molecular complexity index is 1740. The van der Waals surface area contributed by atoms with Gasteiger partial charge in [-0.2, -0.15) is 0 Å². The Morgan fingerprint density at radius 1 is 0.622 bits per heavy atom. The molecule has 2 N–H and O–H groups in total. The van der Waals surface area contributed by atoms with E-state index in [2.05, 4.69) is 57.9 Å². The molecular formula is C31H23N3O3. The van der Waals surface area contributed by atoms with Gasteiger partial charge in [0.2, 0.25) is 0 Å². The van der Waals surface area contributed by atoms with Crippen molar-refractivity contribution < 1.29 is 14.9 Å². The van der Waals surface area contributed by atoms with Gasteiger partial charge >= 0.3 is 0 Å². The van der Waals surface area contributed by atoms with Crippen LogP contribution in [-0.4, -0.2) is 38.8 Å². The standard InChI is InChI=1S/C31H23N3O3/c35-17-18-37-22-15-16-27(28(36)19-22)31-29(25-13-5-9-20-7-1-3-11-23(20)25)30(32-34-33-31)26-14-6-10-21-8-2-4-12-24(21)26/h1-16,19,35-36H,17-18H2. The lowest BCUT2D eigenvalue weighted by Gasteiger charge is -2.17. The number of aliphatic hydroxyl groups is 1. The third kappa shape index (κ3) is 4.13. The van der Waals surface area contributed by atoms with Gasteiger partial charge in [0.25, 0.3) is 0 Å². The Morgan fingerprint density at radius 3 is 1.89 bits per heavy atom. The van der Waals surface area contributed by atoms with Crippen LogP contribution in [0, 0.1) is 0 Å². The molecule has 0 fully saturated rings. The highest BCUT2D eigenvalue weighted by molar-refractivity contribution is 6.07. The molecule has 6 heteroatoms. The van der Waals surface area contributed by atoms with Gasteiger partial charge in [-0.05, 0) is 44.5 Å². The average molecular weight is 486 g/mol. The largest absolute Gasteiger partial charge is 0.507 e. The van der Waals surface area contributed by atoms with Gasteiger partial charge in [0.15, 0.2) is 0 Å². The summed E-state index contributed by atoms with van der Waals surface area (Å²) in [6.45, 7) is 0.0261. The molecule has 0 unspecified atom stereocenters. The summed E-state index contributed by atoms with van der Waals surface area (Å²) in [7, 11) is 0. The van der Waals surface area contributed by atoms with E-state index in [1.165, 1.54) is 6.07 Å². The zero-order chi connectivity index (χ0) is 25.2. The van der Waals surface area contributed by atoms with Gasteiger partial charge in [0.1, 0.15) is 29.5 Å². The molecule has 0 amide bonds. The minimum atomic E-state index is -0.113. The predicted octanol–water partition coefficient (Wildman–Crippen LogP) is 6.26. The Kier molecular flexibility index (Phi) is 5.92. The topological polar surface area (TPSA) is 88.4 Å². The number of hydrogen-bond donors (Lipinski definition) is 2. The van der Waals surface area contributed by atoms with Crippen molar-refractivity contribution in [3.05, 3.63) is 103 Å². The Morgan fingerprint density at radius 2 is 1.22 bits per heavy atom. The zero-order valence-corrected chi connectivity index (χ0v) is 19.9. The normalized spacial score (nSPS) is 11.2. The highest BCUT2D eigenvalue weighted by Gasteiger charge is 2.22. The van der Waals surface area contributed by atoms with Crippen LogP contribution in [-0.2, 0) is 0 Å². The van der Waals surface area contributed by atoms with E-state index in [-0.39, 0.29) is 19.0 Å². The number of nitrogens with zero attached hydrogens (tertiary/aromatic N) is 3. The molecule has 0 aliphatic rings. The molecule has 0 saturated heterocycles. The van der Waals surface area contributed by atoms with Gasteiger partial charge in [-0.3, -0.25) is 0 Å². The summed E-state index contributed by atoms with van der Waals surface area (Å²) in [4.78, 5) is 0. The van der Waals surface area contributed by atoms with Crippen LogP contribution in [0.15, 0.2) is 103 Å². The molecule has 5 aromatic carbocycles. The number of benzene rings is 5. The molecule has 37 heavy (non-hydrogen) atoms. The van der Waals surface area contributed by atoms with Crippen molar-refractivity contribution >= 4 is 21.5 Å². The minimum absolute atomic E-state index is 0.00120. The van der Waals surface area contributed by atoms with Crippen molar-refractivity contribution in [2.45, 2.75) is 0 Å².